The van der Waals surface area contributed by atoms with E-state index in [1.807, 2.05) is 24.3 Å². The van der Waals surface area contributed by atoms with Gasteiger partial charge in [0.05, 0.1) is 7.11 Å². The van der Waals surface area contributed by atoms with Crippen molar-refractivity contribution in [2.24, 2.45) is 0 Å². The number of hydrogen-bond donors (Lipinski definition) is 0. The third-order valence-corrected chi connectivity index (χ3v) is 3.02. The molecular formula is C11H16O3S. The van der Waals surface area contributed by atoms with Crippen LogP contribution >= 0.6 is 11.8 Å². The fourth-order valence-corrected chi connectivity index (χ4v) is 2.00. The molecule has 0 N–H and O–H groups in total. The van der Waals surface area contributed by atoms with E-state index in [0.29, 0.717) is 0 Å². The zero-order chi connectivity index (χ0) is 11.1. The lowest BCUT2D eigenvalue weighted by Crippen LogP contribution is -2.15. The van der Waals surface area contributed by atoms with E-state index in [1.54, 1.807) is 33.1 Å². The molecule has 0 heterocycles. The van der Waals surface area contributed by atoms with Crippen molar-refractivity contribution in [3.8, 4) is 5.75 Å². The molecule has 1 rings (SSSR count). The topological polar surface area (TPSA) is 27.7 Å². The fourth-order valence-electron chi connectivity index (χ4n) is 1.07. The van der Waals surface area contributed by atoms with Crippen LogP contribution in [0.5, 0.6) is 5.75 Å². The summed E-state index contributed by atoms with van der Waals surface area (Å²) in [4.78, 5) is 1.18. The Morgan fingerprint density at radius 1 is 1.07 bits per heavy atom. The maximum absolute atomic E-state index is 5.10. The maximum Gasteiger partial charge on any atom is 0.166 e. The van der Waals surface area contributed by atoms with Crippen LogP contribution < -0.4 is 4.74 Å². The van der Waals surface area contributed by atoms with Crippen LogP contribution in [0.4, 0.5) is 0 Å². The summed E-state index contributed by atoms with van der Waals surface area (Å²) < 4.78 is 15.3. The second kappa shape index (κ2) is 6.71. The van der Waals surface area contributed by atoms with E-state index in [0.717, 1.165) is 11.5 Å². The highest BCUT2D eigenvalue weighted by atomic mass is 32.2. The molecule has 3 nitrogen and oxygen atoms in total. The van der Waals surface area contributed by atoms with Crippen LogP contribution in [-0.2, 0) is 9.47 Å². The lowest BCUT2D eigenvalue weighted by Gasteiger charge is -2.12. The molecule has 0 aliphatic rings. The number of thioether (sulfide) groups is 1. The Bertz CT molecular complexity index is 270. The molecule has 0 unspecified atom stereocenters. The van der Waals surface area contributed by atoms with Crippen molar-refractivity contribution in [3.63, 3.8) is 0 Å². The highest BCUT2D eigenvalue weighted by molar-refractivity contribution is 7.99. The molecule has 0 aliphatic carbocycles. The van der Waals surface area contributed by atoms with Gasteiger partial charge in [0.2, 0.25) is 0 Å². The summed E-state index contributed by atoms with van der Waals surface area (Å²) in [5, 5.41) is 0. The average Bonchev–Trinajstić information content (AvgIpc) is 2.31. The zero-order valence-corrected chi connectivity index (χ0v) is 10.0. The Morgan fingerprint density at radius 3 is 2.13 bits per heavy atom. The van der Waals surface area contributed by atoms with Gasteiger partial charge < -0.3 is 14.2 Å². The molecule has 0 aliphatic heterocycles. The molecule has 0 saturated heterocycles. The minimum Gasteiger partial charge on any atom is -0.497 e. The fraction of sp³-hybridized carbons (Fsp3) is 0.455. The molecule has 0 saturated carbocycles. The molecule has 0 amide bonds. The highest BCUT2D eigenvalue weighted by Crippen LogP contribution is 2.22. The maximum atomic E-state index is 5.10. The third kappa shape index (κ3) is 4.11. The second-order valence-electron chi connectivity index (χ2n) is 2.89. The molecule has 0 radical (unpaired) electrons. The Labute approximate surface area is 94.7 Å². The van der Waals surface area contributed by atoms with Gasteiger partial charge in [-0.15, -0.1) is 11.8 Å². The van der Waals surface area contributed by atoms with E-state index in [-0.39, 0.29) is 6.29 Å². The van der Waals surface area contributed by atoms with E-state index in [1.165, 1.54) is 4.90 Å². The van der Waals surface area contributed by atoms with E-state index < -0.39 is 0 Å². The van der Waals surface area contributed by atoms with Crippen LogP contribution in [0.15, 0.2) is 29.2 Å². The quantitative estimate of drug-likeness (QED) is 0.552. The molecule has 0 atom stereocenters. The van der Waals surface area contributed by atoms with Crippen molar-refractivity contribution in [1.82, 2.24) is 0 Å². The first-order valence-electron chi connectivity index (χ1n) is 4.62. The van der Waals surface area contributed by atoms with Gasteiger partial charge in [-0.3, -0.25) is 0 Å². The summed E-state index contributed by atoms with van der Waals surface area (Å²) in [6.07, 6.45) is -0.155. The third-order valence-electron chi connectivity index (χ3n) is 1.97. The van der Waals surface area contributed by atoms with Crippen molar-refractivity contribution < 1.29 is 14.2 Å². The zero-order valence-electron chi connectivity index (χ0n) is 9.23. The molecule has 1 aromatic rings. The molecule has 84 valence electrons. The van der Waals surface area contributed by atoms with Crippen molar-refractivity contribution in [2.75, 3.05) is 27.1 Å². The molecule has 0 spiro atoms. The summed E-state index contributed by atoms with van der Waals surface area (Å²) in [6, 6.07) is 7.92. The standard InChI is InChI=1S/C11H16O3S/c1-12-9-4-6-10(7-5-9)15-8-11(13-2)14-3/h4-7,11H,8H2,1-3H3. The predicted octanol–water partition coefficient (Wildman–Crippen LogP) is 2.41. The number of benzene rings is 1. The van der Waals surface area contributed by atoms with Gasteiger partial charge in [-0.25, -0.2) is 0 Å². The Balaban J connectivity index is 2.43. The van der Waals surface area contributed by atoms with Gasteiger partial charge in [-0.05, 0) is 24.3 Å². The van der Waals surface area contributed by atoms with Gasteiger partial charge in [-0.2, -0.15) is 0 Å². The van der Waals surface area contributed by atoms with Gasteiger partial charge >= 0.3 is 0 Å². The molecular weight excluding hydrogens is 212 g/mol. The van der Waals surface area contributed by atoms with E-state index in [4.69, 9.17) is 14.2 Å². The monoisotopic (exact) mass is 228 g/mol. The number of hydrogen-bond acceptors (Lipinski definition) is 4. The van der Waals surface area contributed by atoms with Crippen LogP contribution in [0, 0.1) is 0 Å². The van der Waals surface area contributed by atoms with Crippen LogP contribution in [0.25, 0.3) is 0 Å². The van der Waals surface area contributed by atoms with Gasteiger partial charge in [0.1, 0.15) is 5.75 Å². The van der Waals surface area contributed by atoms with Crippen molar-refractivity contribution in [3.05, 3.63) is 24.3 Å². The first-order chi connectivity index (χ1) is 7.30. The summed E-state index contributed by atoms with van der Waals surface area (Å²) in [5.41, 5.74) is 0. The molecule has 0 fully saturated rings. The largest absolute Gasteiger partial charge is 0.497 e. The van der Waals surface area contributed by atoms with Crippen molar-refractivity contribution >= 4 is 11.8 Å². The van der Waals surface area contributed by atoms with Gasteiger partial charge in [0, 0.05) is 24.9 Å². The Morgan fingerprint density at radius 2 is 1.67 bits per heavy atom. The van der Waals surface area contributed by atoms with E-state index >= 15 is 0 Å². The molecule has 0 aromatic heterocycles. The molecule has 15 heavy (non-hydrogen) atoms. The van der Waals surface area contributed by atoms with E-state index in [2.05, 4.69) is 0 Å². The number of rotatable bonds is 6. The highest BCUT2D eigenvalue weighted by Gasteiger charge is 2.05. The SMILES string of the molecule is COc1ccc(SCC(OC)OC)cc1. The summed E-state index contributed by atoms with van der Waals surface area (Å²) >= 11 is 1.69. The minimum atomic E-state index is -0.155. The summed E-state index contributed by atoms with van der Waals surface area (Å²) in [5.74, 6) is 1.65. The molecule has 4 heteroatoms. The van der Waals surface area contributed by atoms with Crippen molar-refractivity contribution in [2.45, 2.75) is 11.2 Å². The van der Waals surface area contributed by atoms with Crippen LogP contribution in [-0.4, -0.2) is 33.4 Å². The predicted molar refractivity (Wildman–Crippen MR) is 61.5 cm³/mol. The first-order valence-corrected chi connectivity index (χ1v) is 5.61. The average molecular weight is 228 g/mol. The Hall–Kier alpha value is -0.710. The number of ether oxygens (including phenoxy) is 3. The normalized spacial score (nSPS) is 10.7. The van der Waals surface area contributed by atoms with Gasteiger partial charge in [0.15, 0.2) is 6.29 Å². The lowest BCUT2D eigenvalue weighted by atomic mass is 10.3. The van der Waals surface area contributed by atoms with Crippen molar-refractivity contribution in [1.29, 1.82) is 0 Å². The Kier molecular flexibility index (Phi) is 5.53. The van der Waals surface area contributed by atoms with E-state index in [9.17, 15) is 0 Å². The van der Waals surface area contributed by atoms with Crippen LogP contribution in [0.2, 0.25) is 0 Å². The van der Waals surface area contributed by atoms with Crippen LogP contribution in [0.1, 0.15) is 0 Å². The summed E-state index contributed by atoms with van der Waals surface area (Å²) in [6.45, 7) is 0. The van der Waals surface area contributed by atoms with Crippen LogP contribution in [0.3, 0.4) is 0 Å². The van der Waals surface area contributed by atoms with Gasteiger partial charge in [-0.1, -0.05) is 0 Å². The molecule has 1 aromatic carbocycles. The molecule has 0 bridgehead atoms. The second-order valence-corrected chi connectivity index (χ2v) is 3.98. The summed E-state index contributed by atoms with van der Waals surface area (Å²) in [7, 11) is 4.94. The van der Waals surface area contributed by atoms with Gasteiger partial charge in [0.25, 0.3) is 0 Å². The minimum absolute atomic E-state index is 0.155. The smallest absolute Gasteiger partial charge is 0.166 e. The lowest BCUT2D eigenvalue weighted by molar-refractivity contribution is -0.0842. The number of methoxy groups -OCH3 is 3. The first kappa shape index (κ1) is 12.4.